The second-order valence-corrected chi connectivity index (χ2v) is 7.96. The number of hydrogen-bond acceptors (Lipinski definition) is 6. The van der Waals surface area contributed by atoms with Crippen LogP contribution in [0.25, 0.3) is 0 Å². The van der Waals surface area contributed by atoms with Gasteiger partial charge in [0.1, 0.15) is 5.82 Å². The number of nitrogens with one attached hydrogen (secondary N) is 1. The third kappa shape index (κ3) is 5.29. The van der Waals surface area contributed by atoms with Gasteiger partial charge in [0, 0.05) is 25.1 Å². The number of carbonyl (C=O) groups excluding carboxylic acids is 1. The van der Waals surface area contributed by atoms with Crippen molar-refractivity contribution >= 4 is 17.7 Å². The summed E-state index contributed by atoms with van der Waals surface area (Å²) in [5.74, 6) is 1.49. The quantitative estimate of drug-likeness (QED) is 0.836. The molecule has 2 saturated heterocycles. The molecule has 29 heavy (non-hydrogen) atoms. The molecule has 0 spiro atoms. The normalized spacial score (nSPS) is 20.8. The van der Waals surface area contributed by atoms with E-state index in [9.17, 15) is 4.79 Å². The van der Waals surface area contributed by atoms with Crippen LogP contribution in [0, 0.1) is 0 Å². The zero-order chi connectivity index (χ0) is 19.9. The Morgan fingerprint density at radius 3 is 2.45 bits per heavy atom. The van der Waals surface area contributed by atoms with E-state index in [1.54, 1.807) is 18.5 Å². The van der Waals surface area contributed by atoms with Crippen LogP contribution in [0.15, 0.2) is 36.8 Å². The smallest absolute Gasteiger partial charge is 0.237 e. The Kier molecular flexibility index (Phi) is 6.67. The van der Waals surface area contributed by atoms with Gasteiger partial charge in [-0.05, 0) is 62.9 Å². The minimum absolute atomic E-state index is 0.123. The van der Waals surface area contributed by atoms with Crippen LogP contribution in [0.5, 0.6) is 0 Å². The Morgan fingerprint density at radius 2 is 1.72 bits per heavy atom. The van der Waals surface area contributed by atoms with Crippen LogP contribution >= 0.6 is 0 Å². The SMILES string of the molecule is O=C(CN1CCCCCC1)N1CCCCC1c1ccc(Nc2ncccn2)nc1. The van der Waals surface area contributed by atoms with E-state index in [1.165, 1.54) is 25.7 Å². The Morgan fingerprint density at radius 1 is 0.966 bits per heavy atom. The fraction of sp³-hybridized carbons (Fsp3) is 0.545. The molecule has 1 N–H and O–H groups in total. The molecular weight excluding hydrogens is 364 g/mol. The number of anilines is 2. The van der Waals surface area contributed by atoms with Crippen LogP contribution in [-0.2, 0) is 4.79 Å². The van der Waals surface area contributed by atoms with Gasteiger partial charge < -0.3 is 10.2 Å². The minimum atomic E-state index is 0.123. The molecule has 2 fully saturated rings. The molecule has 2 aromatic rings. The lowest BCUT2D eigenvalue weighted by atomic mass is 9.96. The number of aromatic nitrogens is 3. The standard InChI is InChI=1S/C22H30N6O/c29-21(17-27-13-4-1-2-5-14-27)28-15-6-3-8-19(28)18-9-10-20(25-16-18)26-22-23-11-7-12-24-22/h7,9-12,16,19H,1-6,8,13-15,17H2,(H,23,24,25,26). The zero-order valence-corrected chi connectivity index (χ0v) is 17.0. The number of rotatable bonds is 5. The highest BCUT2D eigenvalue weighted by atomic mass is 16.2. The molecule has 4 heterocycles. The van der Waals surface area contributed by atoms with Crippen molar-refractivity contribution in [3.8, 4) is 0 Å². The molecule has 0 aliphatic carbocycles. The van der Waals surface area contributed by atoms with E-state index in [4.69, 9.17) is 0 Å². The first kappa shape index (κ1) is 19.8. The molecule has 7 nitrogen and oxygen atoms in total. The summed E-state index contributed by atoms with van der Waals surface area (Å²) in [4.78, 5) is 30.4. The predicted octanol–water partition coefficient (Wildman–Crippen LogP) is 3.54. The van der Waals surface area contributed by atoms with Crippen LogP contribution in [0.4, 0.5) is 11.8 Å². The van der Waals surface area contributed by atoms with Crippen molar-refractivity contribution < 1.29 is 4.79 Å². The van der Waals surface area contributed by atoms with E-state index < -0.39 is 0 Å². The molecule has 0 aromatic carbocycles. The average molecular weight is 395 g/mol. The highest BCUT2D eigenvalue weighted by molar-refractivity contribution is 5.79. The monoisotopic (exact) mass is 394 g/mol. The van der Waals surface area contributed by atoms with E-state index in [2.05, 4.69) is 36.1 Å². The van der Waals surface area contributed by atoms with Gasteiger partial charge in [-0.3, -0.25) is 9.69 Å². The van der Waals surface area contributed by atoms with Gasteiger partial charge in [-0.15, -0.1) is 0 Å². The average Bonchev–Trinajstić information content (AvgIpc) is 3.04. The number of piperidine rings is 1. The molecule has 2 aliphatic heterocycles. The molecule has 7 heteroatoms. The van der Waals surface area contributed by atoms with Gasteiger partial charge in [0.2, 0.25) is 11.9 Å². The van der Waals surface area contributed by atoms with E-state index in [-0.39, 0.29) is 11.9 Å². The van der Waals surface area contributed by atoms with E-state index in [0.717, 1.165) is 44.5 Å². The molecule has 0 bridgehead atoms. The lowest BCUT2D eigenvalue weighted by Gasteiger charge is -2.37. The maximum Gasteiger partial charge on any atom is 0.237 e. The van der Waals surface area contributed by atoms with Gasteiger partial charge in [0.25, 0.3) is 0 Å². The summed E-state index contributed by atoms with van der Waals surface area (Å²) in [6.07, 6.45) is 13.5. The van der Waals surface area contributed by atoms with Crippen LogP contribution < -0.4 is 5.32 Å². The third-order valence-electron chi connectivity index (χ3n) is 5.86. The molecule has 2 aromatic heterocycles. The molecule has 2 aliphatic rings. The number of likely N-dealkylation sites (tertiary alicyclic amines) is 2. The van der Waals surface area contributed by atoms with E-state index >= 15 is 0 Å². The van der Waals surface area contributed by atoms with Crippen molar-refractivity contribution in [1.29, 1.82) is 0 Å². The first-order valence-corrected chi connectivity index (χ1v) is 10.8. The van der Waals surface area contributed by atoms with Crippen LogP contribution in [0.1, 0.15) is 56.6 Å². The van der Waals surface area contributed by atoms with E-state index in [1.807, 2.05) is 12.3 Å². The van der Waals surface area contributed by atoms with E-state index in [0.29, 0.717) is 18.3 Å². The first-order chi connectivity index (χ1) is 14.3. The van der Waals surface area contributed by atoms with Gasteiger partial charge in [-0.1, -0.05) is 18.9 Å². The Balaban J connectivity index is 1.41. The number of hydrogen-bond donors (Lipinski definition) is 1. The molecule has 0 saturated carbocycles. The molecule has 154 valence electrons. The number of pyridine rings is 1. The van der Waals surface area contributed by atoms with Crippen molar-refractivity contribution in [3.63, 3.8) is 0 Å². The Labute approximate surface area is 172 Å². The second-order valence-electron chi connectivity index (χ2n) is 7.96. The zero-order valence-electron chi connectivity index (χ0n) is 17.0. The van der Waals surface area contributed by atoms with Crippen molar-refractivity contribution in [2.45, 2.75) is 51.0 Å². The number of amides is 1. The topological polar surface area (TPSA) is 74.2 Å². The lowest BCUT2D eigenvalue weighted by Crippen LogP contribution is -2.44. The summed E-state index contributed by atoms with van der Waals surface area (Å²) in [7, 11) is 0. The molecular formula is C22H30N6O. The number of carbonyl (C=O) groups is 1. The largest absolute Gasteiger partial charge is 0.334 e. The van der Waals surface area contributed by atoms with Crippen LogP contribution in [-0.4, -0.2) is 56.8 Å². The molecule has 1 atom stereocenters. The van der Waals surface area contributed by atoms with Gasteiger partial charge in [0.05, 0.1) is 12.6 Å². The maximum atomic E-state index is 13.1. The fourth-order valence-corrected chi connectivity index (χ4v) is 4.31. The summed E-state index contributed by atoms with van der Waals surface area (Å²) < 4.78 is 0. The van der Waals surface area contributed by atoms with Crippen LogP contribution in [0.3, 0.4) is 0 Å². The Bertz CT molecular complexity index is 774. The van der Waals surface area contributed by atoms with Crippen molar-refractivity contribution in [2.75, 3.05) is 31.5 Å². The van der Waals surface area contributed by atoms with Gasteiger partial charge in [0.15, 0.2) is 0 Å². The van der Waals surface area contributed by atoms with Gasteiger partial charge >= 0.3 is 0 Å². The molecule has 4 rings (SSSR count). The summed E-state index contributed by atoms with van der Waals surface area (Å²) in [5, 5.41) is 3.11. The van der Waals surface area contributed by atoms with Gasteiger partial charge in [-0.25, -0.2) is 15.0 Å². The minimum Gasteiger partial charge on any atom is -0.334 e. The summed E-state index contributed by atoms with van der Waals surface area (Å²) in [5.41, 5.74) is 1.11. The number of nitrogens with zero attached hydrogens (tertiary/aromatic N) is 5. The molecule has 0 radical (unpaired) electrons. The first-order valence-electron chi connectivity index (χ1n) is 10.8. The highest BCUT2D eigenvalue weighted by Crippen LogP contribution is 2.31. The maximum absolute atomic E-state index is 13.1. The third-order valence-corrected chi connectivity index (χ3v) is 5.86. The van der Waals surface area contributed by atoms with Crippen molar-refractivity contribution in [1.82, 2.24) is 24.8 Å². The fourth-order valence-electron chi connectivity index (χ4n) is 4.31. The summed E-state index contributed by atoms with van der Waals surface area (Å²) in [6, 6.07) is 5.91. The van der Waals surface area contributed by atoms with Crippen molar-refractivity contribution in [2.24, 2.45) is 0 Å². The van der Waals surface area contributed by atoms with Crippen molar-refractivity contribution in [3.05, 3.63) is 42.4 Å². The van der Waals surface area contributed by atoms with Crippen LogP contribution in [0.2, 0.25) is 0 Å². The highest BCUT2D eigenvalue weighted by Gasteiger charge is 2.29. The second kappa shape index (κ2) is 9.78. The summed E-state index contributed by atoms with van der Waals surface area (Å²) >= 11 is 0. The molecule has 1 unspecified atom stereocenters. The lowest BCUT2D eigenvalue weighted by molar-refractivity contribution is -0.136. The molecule has 1 amide bonds. The van der Waals surface area contributed by atoms with Gasteiger partial charge in [-0.2, -0.15) is 0 Å². The predicted molar refractivity (Wildman–Crippen MR) is 113 cm³/mol. The Hall–Kier alpha value is -2.54. The summed E-state index contributed by atoms with van der Waals surface area (Å²) in [6.45, 7) is 3.49.